The van der Waals surface area contributed by atoms with E-state index < -0.39 is 0 Å². The zero-order valence-electron chi connectivity index (χ0n) is 20.0. The molecule has 0 bridgehead atoms. The molecule has 0 spiro atoms. The number of methoxy groups -OCH3 is 1. The predicted molar refractivity (Wildman–Crippen MR) is 135 cm³/mol. The number of hydrogen-bond donors (Lipinski definition) is 0. The van der Waals surface area contributed by atoms with E-state index in [0.717, 1.165) is 74.7 Å². The first-order valence-corrected chi connectivity index (χ1v) is 12.3. The van der Waals surface area contributed by atoms with Crippen LogP contribution in [0.3, 0.4) is 0 Å². The van der Waals surface area contributed by atoms with Crippen LogP contribution in [0.1, 0.15) is 46.4 Å². The smallest absolute Gasteiger partial charge is 0.227 e. The number of aromatic nitrogens is 2. The topological polar surface area (TPSA) is 69.4 Å². The second-order valence-corrected chi connectivity index (χ2v) is 9.55. The predicted octanol–water partition coefficient (Wildman–Crippen LogP) is 4.45. The van der Waals surface area contributed by atoms with Crippen LogP contribution in [0.5, 0.6) is 5.75 Å². The molecule has 2 aliphatic rings. The molecule has 3 heterocycles. The van der Waals surface area contributed by atoms with Gasteiger partial charge in [-0.05, 0) is 67.0 Å². The summed E-state index contributed by atoms with van der Waals surface area (Å²) >= 11 is 6.84. The molecular weight excluding hydrogens is 462 g/mol. The quantitative estimate of drug-likeness (QED) is 0.402. The van der Waals surface area contributed by atoms with Crippen molar-refractivity contribution in [1.82, 2.24) is 9.88 Å². The zero-order valence-corrected chi connectivity index (χ0v) is 20.8. The number of benzene rings is 1. The lowest BCUT2D eigenvalue weighted by Crippen LogP contribution is -2.37. The van der Waals surface area contributed by atoms with Gasteiger partial charge in [-0.25, -0.2) is 0 Å². The van der Waals surface area contributed by atoms with Gasteiger partial charge in [0.15, 0.2) is 12.4 Å². The van der Waals surface area contributed by atoms with Gasteiger partial charge in [-0.15, -0.1) is 0 Å². The van der Waals surface area contributed by atoms with E-state index >= 15 is 0 Å². The lowest BCUT2D eigenvalue weighted by Gasteiger charge is -2.31. The number of fused-ring (bicyclic) bond motifs is 2. The molecule has 0 radical (unpaired) electrons. The second kappa shape index (κ2) is 9.70. The molecule has 7 heteroatoms. The van der Waals surface area contributed by atoms with E-state index in [1.807, 2.05) is 30.2 Å². The largest absolute Gasteiger partial charge is 0.619 e. The number of ether oxygens (including phenoxy) is 1. The standard InChI is InChI=1S/C28H28ClN3O3/c1-18-16-23(35-2)26-22(27(18)29)6-5-21-4-3-11-30-28(21)25(26)20-9-12-31(13-10-20)24(33)17-19-7-14-32(34)15-8-19/h3-4,7-8,11,14-16H,5-6,9-10,12-13,17H2,1-2H3. The molecule has 1 aliphatic heterocycles. The third kappa shape index (κ3) is 4.50. The Kier molecular flexibility index (Phi) is 6.48. The molecule has 1 aromatic carbocycles. The molecule has 1 amide bonds. The zero-order chi connectivity index (χ0) is 24.5. The van der Waals surface area contributed by atoms with Crippen LogP contribution in [0.25, 0.3) is 5.57 Å². The summed E-state index contributed by atoms with van der Waals surface area (Å²) in [6.45, 7) is 3.30. The normalized spacial score (nSPS) is 15.3. The summed E-state index contributed by atoms with van der Waals surface area (Å²) in [4.78, 5) is 19.7. The third-order valence-corrected chi connectivity index (χ3v) is 7.58. The van der Waals surface area contributed by atoms with Gasteiger partial charge in [-0.1, -0.05) is 23.2 Å². The number of nitrogens with zero attached hydrogens (tertiary/aromatic N) is 3. The molecule has 3 aromatic rings. The highest BCUT2D eigenvalue weighted by Crippen LogP contribution is 2.45. The van der Waals surface area contributed by atoms with E-state index in [1.54, 1.807) is 19.2 Å². The van der Waals surface area contributed by atoms with Crippen molar-refractivity contribution >= 4 is 23.1 Å². The summed E-state index contributed by atoms with van der Waals surface area (Å²) in [7, 11) is 1.70. The minimum absolute atomic E-state index is 0.0775. The molecular formula is C28H28ClN3O3. The second-order valence-electron chi connectivity index (χ2n) is 9.18. The van der Waals surface area contributed by atoms with Crippen molar-refractivity contribution in [2.75, 3.05) is 20.2 Å². The van der Waals surface area contributed by atoms with Crippen molar-refractivity contribution in [2.24, 2.45) is 0 Å². The summed E-state index contributed by atoms with van der Waals surface area (Å²) in [6.07, 6.45) is 8.21. The number of carbonyl (C=O) groups is 1. The molecule has 0 saturated carbocycles. The molecule has 1 aliphatic carbocycles. The Balaban J connectivity index is 1.50. The van der Waals surface area contributed by atoms with Crippen LogP contribution < -0.4 is 9.47 Å². The summed E-state index contributed by atoms with van der Waals surface area (Å²) in [5.74, 6) is 0.898. The van der Waals surface area contributed by atoms with Gasteiger partial charge in [0.1, 0.15) is 5.75 Å². The fourth-order valence-corrected chi connectivity index (χ4v) is 5.45. The number of rotatable bonds is 3. The summed E-state index contributed by atoms with van der Waals surface area (Å²) in [5, 5.41) is 12.1. The molecule has 0 unspecified atom stereocenters. The molecule has 0 atom stereocenters. The monoisotopic (exact) mass is 489 g/mol. The van der Waals surface area contributed by atoms with Crippen LogP contribution >= 0.6 is 11.6 Å². The maximum atomic E-state index is 12.9. The number of amides is 1. The van der Waals surface area contributed by atoms with Gasteiger partial charge in [-0.3, -0.25) is 9.78 Å². The van der Waals surface area contributed by atoms with Crippen LogP contribution in [0.15, 0.2) is 54.5 Å². The SMILES string of the molecule is COc1cc(C)c(Cl)c2c1C(=C1CCN(C(=O)Cc3cc[n+]([O-])cc3)CC1)c1ncccc1CC2. The number of aryl methyl sites for hydroxylation is 2. The average molecular weight is 490 g/mol. The van der Waals surface area contributed by atoms with Gasteiger partial charge in [0.25, 0.3) is 0 Å². The molecule has 180 valence electrons. The molecule has 1 saturated heterocycles. The van der Waals surface area contributed by atoms with Crippen LogP contribution in [0.4, 0.5) is 0 Å². The number of likely N-dealkylation sites (tertiary alicyclic amines) is 1. The van der Waals surface area contributed by atoms with Crippen molar-refractivity contribution in [3.8, 4) is 5.75 Å². The molecule has 1 fully saturated rings. The number of carbonyl (C=O) groups excluding carboxylic acids is 1. The Hall–Kier alpha value is -3.38. The van der Waals surface area contributed by atoms with E-state index in [-0.39, 0.29) is 5.91 Å². The third-order valence-electron chi connectivity index (χ3n) is 7.05. The van der Waals surface area contributed by atoms with E-state index in [2.05, 4.69) is 6.07 Å². The van der Waals surface area contributed by atoms with Crippen molar-refractivity contribution in [1.29, 1.82) is 0 Å². The number of hydrogen-bond acceptors (Lipinski definition) is 4. The maximum absolute atomic E-state index is 12.9. The van der Waals surface area contributed by atoms with E-state index in [1.165, 1.54) is 23.5 Å². The highest BCUT2D eigenvalue weighted by molar-refractivity contribution is 6.32. The number of halogens is 1. The molecule has 5 rings (SSSR count). The Morgan fingerprint density at radius 1 is 1.17 bits per heavy atom. The van der Waals surface area contributed by atoms with E-state index in [9.17, 15) is 10.0 Å². The highest BCUT2D eigenvalue weighted by Gasteiger charge is 2.30. The molecule has 2 aromatic heterocycles. The summed E-state index contributed by atoms with van der Waals surface area (Å²) in [5.41, 5.74) is 8.61. The van der Waals surface area contributed by atoms with Crippen LogP contribution in [-0.4, -0.2) is 36.0 Å². The highest BCUT2D eigenvalue weighted by atomic mass is 35.5. The lowest BCUT2D eigenvalue weighted by atomic mass is 9.87. The Bertz CT molecular complexity index is 1310. The van der Waals surface area contributed by atoms with Crippen molar-refractivity contribution in [2.45, 2.75) is 39.0 Å². The van der Waals surface area contributed by atoms with Crippen LogP contribution in [-0.2, 0) is 24.1 Å². The maximum Gasteiger partial charge on any atom is 0.227 e. The summed E-state index contributed by atoms with van der Waals surface area (Å²) < 4.78 is 6.59. The van der Waals surface area contributed by atoms with Crippen LogP contribution in [0, 0.1) is 12.1 Å². The van der Waals surface area contributed by atoms with Gasteiger partial charge >= 0.3 is 0 Å². The van der Waals surface area contributed by atoms with Crippen molar-refractivity contribution in [3.63, 3.8) is 0 Å². The Morgan fingerprint density at radius 3 is 2.63 bits per heavy atom. The van der Waals surface area contributed by atoms with Crippen molar-refractivity contribution in [3.05, 3.63) is 98.2 Å². The van der Waals surface area contributed by atoms with Crippen LogP contribution in [0.2, 0.25) is 5.02 Å². The minimum atomic E-state index is 0.0775. The Labute approximate surface area is 210 Å². The fourth-order valence-electron chi connectivity index (χ4n) is 5.21. The van der Waals surface area contributed by atoms with Crippen molar-refractivity contribution < 1.29 is 14.3 Å². The fraction of sp³-hybridized carbons (Fsp3) is 0.321. The van der Waals surface area contributed by atoms with Gasteiger partial charge in [0.05, 0.1) is 19.2 Å². The average Bonchev–Trinajstić information content (AvgIpc) is 3.05. The molecule has 0 N–H and O–H groups in total. The Morgan fingerprint density at radius 2 is 1.91 bits per heavy atom. The first-order valence-electron chi connectivity index (χ1n) is 11.9. The van der Waals surface area contributed by atoms with Gasteiger partial charge in [0.2, 0.25) is 5.91 Å². The van der Waals surface area contributed by atoms with Gasteiger partial charge in [0, 0.05) is 47.6 Å². The summed E-state index contributed by atoms with van der Waals surface area (Å²) in [6, 6.07) is 9.54. The number of pyridine rings is 2. The minimum Gasteiger partial charge on any atom is -0.619 e. The van der Waals surface area contributed by atoms with Gasteiger partial charge in [-0.2, -0.15) is 4.73 Å². The first-order chi connectivity index (χ1) is 17.0. The molecule has 6 nitrogen and oxygen atoms in total. The lowest BCUT2D eigenvalue weighted by molar-refractivity contribution is -0.605. The van der Waals surface area contributed by atoms with E-state index in [0.29, 0.717) is 19.5 Å². The molecule has 35 heavy (non-hydrogen) atoms. The first kappa shape index (κ1) is 23.4. The number of piperidine rings is 1. The van der Waals surface area contributed by atoms with E-state index in [4.69, 9.17) is 21.3 Å². The van der Waals surface area contributed by atoms with Gasteiger partial charge < -0.3 is 14.8 Å².